The third-order valence-corrected chi connectivity index (χ3v) is 15.1. The summed E-state index contributed by atoms with van der Waals surface area (Å²) in [7, 11) is 1.46. The highest BCUT2D eigenvalue weighted by Crippen LogP contribution is 2.43. The summed E-state index contributed by atoms with van der Waals surface area (Å²) in [6.07, 6.45) is 73.4. The number of amides is 1. The van der Waals surface area contributed by atoms with Crippen LogP contribution in [0.2, 0.25) is 0 Å². The Balaban J connectivity index is 5.28. The van der Waals surface area contributed by atoms with Crippen molar-refractivity contribution >= 4 is 19.7 Å². The number of esters is 1. The van der Waals surface area contributed by atoms with E-state index in [-0.39, 0.29) is 37.9 Å². The van der Waals surface area contributed by atoms with E-state index in [0.717, 1.165) is 77.0 Å². The smallest absolute Gasteiger partial charge is 0.456 e. The Kier molecular flexibility index (Phi) is 54.8. The zero-order valence-electron chi connectivity index (χ0n) is 51.2. The fraction of sp³-hybridized carbons (Fsp3) is 0.791. The number of nitrogens with zero attached hydrogens (tertiary/aromatic N) is 1. The van der Waals surface area contributed by atoms with Crippen molar-refractivity contribution in [2.24, 2.45) is 0 Å². The van der Waals surface area contributed by atoms with Crippen molar-refractivity contribution in [3.8, 4) is 0 Å². The van der Waals surface area contributed by atoms with Gasteiger partial charge in [0.05, 0.1) is 33.8 Å². The third kappa shape index (κ3) is 57.9. The molecular formula is C67H124N2O7P+. The predicted molar refractivity (Wildman–Crippen MR) is 332 cm³/mol. The molecule has 0 aliphatic rings. The monoisotopic (exact) mass is 1100 g/mol. The highest BCUT2D eigenvalue weighted by molar-refractivity contribution is 7.47. The summed E-state index contributed by atoms with van der Waals surface area (Å²) in [6.45, 7) is 6.88. The van der Waals surface area contributed by atoms with Crippen LogP contribution in [0.1, 0.15) is 290 Å². The minimum Gasteiger partial charge on any atom is -0.456 e. The molecule has 0 aromatic carbocycles. The van der Waals surface area contributed by atoms with Gasteiger partial charge < -0.3 is 19.4 Å². The van der Waals surface area contributed by atoms with Crippen molar-refractivity contribution in [2.45, 2.75) is 303 Å². The number of carbonyl (C=O) groups is 2. The number of carbonyl (C=O) groups excluding carboxylic acids is 2. The summed E-state index contributed by atoms with van der Waals surface area (Å²) in [5, 5.41) is 3.03. The second-order valence-electron chi connectivity index (χ2n) is 22.9. The van der Waals surface area contributed by atoms with E-state index in [1.807, 2.05) is 33.3 Å². The number of rotatable bonds is 58. The molecule has 77 heavy (non-hydrogen) atoms. The summed E-state index contributed by atoms with van der Waals surface area (Å²) in [5.41, 5.74) is 0. The van der Waals surface area contributed by atoms with Gasteiger partial charge in [-0.25, -0.2) is 4.57 Å². The van der Waals surface area contributed by atoms with Gasteiger partial charge in [-0.1, -0.05) is 280 Å². The van der Waals surface area contributed by atoms with Crippen molar-refractivity contribution in [3.05, 3.63) is 72.9 Å². The van der Waals surface area contributed by atoms with E-state index >= 15 is 0 Å². The van der Waals surface area contributed by atoms with E-state index in [1.165, 1.54) is 173 Å². The topological polar surface area (TPSA) is 111 Å². The lowest BCUT2D eigenvalue weighted by Crippen LogP contribution is -2.47. The number of phosphoric acid groups is 1. The molecule has 0 heterocycles. The fourth-order valence-electron chi connectivity index (χ4n) is 9.21. The molecule has 0 aliphatic heterocycles. The van der Waals surface area contributed by atoms with Gasteiger partial charge in [-0.15, -0.1) is 0 Å². The first kappa shape index (κ1) is 74.5. The maximum Gasteiger partial charge on any atom is 0.472 e. The van der Waals surface area contributed by atoms with Crippen LogP contribution < -0.4 is 5.32 Å². The molecule has 0 saturated heterocycles. The van der Waals surface area contributed by atoms with Crippen LogP contribution in [0.15, 0.2) is 72.9 Å². The molecule has 0 fully saturated rings. The minimum atomic E-state index is -4.47. The lowest BCUT2D eigenvalue weighted by Gasteiger charge is -2.27. The van der Waals surface area contributed by atoms with Crippen LogP contribution in [0.5, 0.6) is 0 Å². The van der Waals surface area contributed by atoms with E-state index in [2.05, 4.69) is 86.8 Å². The molecule has 0 spiro atoms. The molecule has 0 radical (unpaired) electrons. The largest absolute Gasteiger partial charge is 0.472 e. The number of phosphoric ester groups is 1. The number of ether oxygens (including phenoxy) is 1. The lowest BCUT2D eigenvalue weighted by molar-refractivity contribution is -0.870. The summed E-state index contributed by atoms with van der Waals surface area (Å²) < 4.78 is 30.7. The Morgan fingerprint density at radius 1 is 0.468 bits per heavy atom. The SMILES string of the molecule is CC/C=C\C/C=C\C/C=C\C/C=C\C/C=C\CCCC(=O)NC(COP(=O)(O)OCC[N+](C)(C)C)C(/C=C/CCCCCCCCCCCCC)OC(=O)CCCCCCCCCCCCCCCCCCCCCCC. The molecule has 448 valence electrons. The first-order chi connectivity index (χ1) is 37.4. The summed E-state index contributed by atoms with van der Waals surface area (Å²) in [5.74, 6) is -0.565. The van der Waals surface area contributed by atoms with Crippen molar-refractivity contribution in [1.82, 2.24) is 5.32 Å². The Morgan fingerprint density at radius 3 is 1.26 bits per heavy atom. The zero-order chi connectivity index (χ0) is 56.4. The number of allylic oxidation sites excluding steroid dienone is 11. The van der Waals surface area contributed by atoms with Crippen molar-refractivity contribution in [1.29, 1.82) is 0 Å². The lowest BCUT2D eigenvalue weighted by atomic mass is 10.0. The second kappa shape index (κ2) is 56.7. The Morgan fingerprint density at radius 2 is 0.844 bits per heavy atom. The maximum atomic E-state index is 13.5. The number of hydrogen-bond acceptors (Lipinski definition) is 6. The summed E-state index contributed by atoms with van der Waals surface area (Å²) >= 11 is 0. The van der Waals surface area contributed by atoms with Crippen molar-refractivity contribution in [2.75, 3.05) is 40.9 Å². The van der Waals surface area contributed by atoms with E-state index in [0.29, 0.717) is 17.4 Å². The average Bonchev–Trinajstić information content (AvgIpc) is 3.39. The van der Waals surface area contributed by atoms with Gasteiger partial charge >= 0.3 is 13.8 Å². The molecule has 2 N–H and O–H groups in total. The Hall–Kier alpha value is -2.55. The quantitative estimate of drug-likeness (QED) is 0.0205. The van der Waals surface area contributed by atoms with E-state index in [4.69, 9.17) is 13.8 Å². The molecule has 0 aliphatic carbocycles. The van der Waals surface area contributed by atoms with Crippen LogP contribution in [-0.4, -0.2) is 74.3 Å². The first-order valence-electron chi connectivity index (χ1n) is 32.3. The molecule has 3 atom stereocenters. The molecule has 1 amide bonds. The second-order valence-corrected chi connectivity index (χ2v) is 24.4. The average molecular weight is 1100 g/mol. The molecule has 9 nitrogen and oxygen atoms in total. The van der Waals surface area contributed by atoms with Gasteiger partial charge in [-0.2, -0.15) is 0 Å². The van der Waals surface area contributed by atoms with Gasteiger partial charge in [-0.05, 0) is 70.3 Å². The highest BCUT2D eigenvalue weighted by Gasteiger charge is 2.30. The van der Waals surface area contributed by atoms with Crippen LogP contribution >= 0.6 is 7.82 Å². The molecule has 0 aromatic heterocycles. The van der Waals surface area contributed by atoms with Crippen LogP contribution in [-0.2, 0) is 27.9 Å². The molecule has 0 bridgehead atoms. The van der Waals surface area contributed by atoms with Crippen molar-refractivity contribution in [3.63, 3.8) is 0 Å². The summed E-state index contributed by atoms with van der Waals surface area (Å²) in [4.78, 5) is 37.7. The standard InChI is InChI=1S/C67H123N2O7P/c1-7-10-13-16-19-22-25-28-30-32-33-34-35-37-39-42-45-48-51-54-57-60-67(71)76-65(58-55-52-49-46-43-40-27-24-21-18-15-12-9-3)64(63-75-77(72,73)74-62-61-69(4,5)6)68-66(70)59-56-53-50-47-44-41-38-36-31-29-26-23-20-17-14-11-8-2/h11,14,20,23,29,31,38,41,47,50,55,58,64-65H,7-10,12-13,15-19,21-22,24-28,30,32-37,39-40,42-46,48-49,51-54,56-57,59-63H2,1-6H3,(H-,68,70,72,73)/p+1/b14-11-,23-20-,31-29-,41-38-,50-47-,58-55+. The molecule has 10 heteroatoms. The van der Waals surface area contributed by atoms with Gasteiger partial charge in [0.2, 0.25) is 5.91 Å². The molecule has 3 unspecified atom stereocenters. The van der Waals surface area contributed by atoms with Gasteiger partial charge in [0.25, 0.3) is 0 Å². The number of quaternary nitrogens is 1. The van der Waals surface area contributed by atoms with E-state index in [1.54, 1.807) is 0 Å². The molecule has 0 aromatic rings. The molecule has 0 saturated carbocycles. The van der Waals surface area contributed by atoms with Crippen molar-refractivity contribution < 1.29 is 37.3 Å². The number of unbranched alkanes of at least 4 members (excludes halogenated alkanes) is 32. The van der Waals surface area contributed by atoms with Crippen LogP contribution in [0.25, 0.3) is 0 Å². The summed E-state index contributed by atoms with van der Waals surface area (Å²) in [6, 6.07) is -0.879. The number of nitrogens with one attached hydrogen (secondary N) is 1. The first-order valence-corrected chi connectivity index (χ1v) is 33.8. The zero-order valence-corrected chi connectivity index (χ0v) is 52.1. The van der Waals surface area contributed by atoms with Crippen LogP contribution in [0.3, 0.4) is 0 Å². The minimum absolute atomic E-state index is 0.0287. The van der Waals surface area contributed by atoms with Gasteiger partial charge in [-0.3, -0.25) is 18.6 Å². The van der Waals surface area contributed by atoms with E-state index < -0.39 is 20.0 Å². The normalized spacial score (nSPS) is 14.1. The molecule has 0 rings (SSSR count). The highest BCUT2D eigenvalue weighted by atomic mass is 31.2. The fourth-order valence-corrected chi connectivity index (χ4v) is 9.95. The Bertz CT molecular complexity index is 1550. The third-order valence-electron chi connectivity index (χ3n) is 14.2. The van der Waals surface area contributed by atoms with Gasteiger partial charge in [0, 0.05) is 12.8 Å². The number of likely N-dealkylation sites (N-methyl/N-ethyl adjacent to an activating group) is 1. The van der Waals surface area contributed by atoms with Gasteiger partial charge in [0.1, 0.15) is 19.3 Å². The maximum absolute atomic E-state index is 13.5. The molecular weight excluding hydrogens is 976 g/mol. The van der Waals surface area contributed by atoms with E-state index in [9.17, 15) is 19.0 Å². The number of hydrogen-bond donors (Lipinski definition) is 2. The van der Waals surface area contributed by atoms with Crippen LogP contribution in [0.4, 0.5) is 0 Å². The van der Waals surface area contributed by atoms with Gasteiger partial charge in [0.15, 0.2) is 0 Å². The Labute approximate surface area is 476 Å². The predicted octanol–water partition coefficient (Wildman–Crippen LogP) is 20.0. The van der Waals surface area contributed by atoms with Crippen LogP contribution in [0, 0.1) is 0 Å².